The lowest BCUT2D eigenvalue weighted by Gasteiger charge is -2.44. The summed E-state index contributed by atoms with van der Waals surface area (Å²) in [5.41, 5.74) is -0.935. The summed E-state index contributed by atoms with van der Waals surface area (Å²) in [7, 11) is 2.18. The fraction of sp³-hybridized carbons (Fsp3) is 0.280. The van der Waals surface area contributed by atoms with E-state index in [-0.39, 0.29) is 5.56 Å². The van der Waals surface area contributed by atoms with E-state index in [1.165, 1.54) is 12.1 Å². The van der Waals surface area contributed by atoms with Gasteiger partial charge in [0.05, 0.1) is 37.8 Å². The number of ether oxygens (including phenoxy) is 2. The van der Waals surface area contributed by atoms with Gasteiger partial charge < -0.3 is 14.6 Å². The number of nitrogens with zero attached hydrogens (tertiary/aromatic N) is 2. The molecule has 1 aliphatic rings. The lowest BCUT2D eigenvalue weighted by atomic mass is 9.54. The van der Waals surface area contributed by atoms with E-state index in [1.54, 1.807) is 24.3 Å². The molecule has 0 heterocycles. The first-order valence-corrected chi connectivity index (χ1v) is 9.99. The van der Waals surface area contributed by atoms with Crippen molar-refractivity contribution in [2.45, 2.75) is 18.8 Å². The van der Waals surface area contributed by atoms with E-state index in [2.05, 4.69) is 0 Å². The third-order valence-electron chi connectivity index (χ3n) is 6.01. The lowest BCUT2D eigenvalue weighted by Crippen LogP contribution is -2.47. The van der Waals surface area contributed by atoms with Crippen LogP contribution in [-0.4, -0.2) is 31.3 Å². The molecule has 2 aromatic carbocycles. The first-order chi connectivity index (χ1) is 15.7. The van der Waals surface area contributed by atoms with E-state index in [9.17, 15) is 29.6 Å². The van der Waals surface area contributed by atoms with Gasteiger partial charge in [0.15, 0.2) is 5.41 Å². The number of carbonyl (C=O) groups is 2. The molecule has 0 amide bonds. The highest BCUT2D eigenvalue weighted by molar-refractivity contribution is 5.94. The van der Waals surface area contributed by atoms with E-state index in [1.807, 2.05) is 19.1 Å². The molecule has 8 heteroatoms. The van der Waals surface area contributed by atoms with Gasteiger partial charge in [-0.3, -0.25) is 4.79 Å². The molecule has 1 aliphatic carbocycles. The molecule has 168 valence electrons. The Balaban J connectivity index is 2.47. The Morgan fingerprint density at radius 2 is 1.52 bits per heavy atom. The quantitative estimate of drug-likeness (QED) is 0.706. The summed E-state index contributed by atoms with van der Waals surface area (Å²) in [5, 5.41) is 32.0. The zero-order valence-electron chi connectivity index (χ0n) is 18.2. The first-order valence-electron chi connectivity index (χ1n) is 9.99. The highest BCUT2D eigenvalue weighted by atomic mass is 19.1. The summed E-state index contributed by atoms with van der Waals surface area (Å²) < 4.78 is 23.4. The van der Waals surface area contributed by atoms with Crippen LogP contribution in [0, 0.1) is 46.7 Å². The molecule has 7 nitrogen and oxygen atoms in total. The minimum absolute atomic E-state index is 0.229. The number of rotatable bonds is 4. The fourth-order valence-corrected chi connectivity index (χ4v) is 4.46. The number of hydrogen-bond donors (Lipinski definition) is 1. The van der Waals surface area contributed by atoms with Crippen molar-refractivity contribution in [2.75, 3.05) is 14.2 Å². The van der Waals surface area contributed by atoms with Crippen molar-refractivity contribution in [1.82, 2.24) is 0 Å². The maximum atomic E-state index is 13.7. The maximum absolute atomic E-state index is 13.7. The van der Waals surface area contributed by atoms with Crippen LogP contribution in [0.3, 0.4) is 0 Å². The van der Waals surface area contributed by atoms with Crippen molar-refractivity contribution in [3.63, 3.8) is 0 Å². The lowest BCUT2D eigenvalue weighted by molar-refractivity contribution is -0.147. The minimum Gasteiger partial charge on any atom is -0.511 e. The molecule has 0 bridgehead atoms. The number of carbonyl (C=O) groups excluding carboxylic acids is 2. The van der Waals surface area contributed by atoms with E-state index < -0.39 is 52.3 Å². The van der Waals surface area contributed by atoms with Gasteiger partial charge in [-0.25, -0.2) is 9.18 Å². The van der Waals surface area contributed by atoms with Gasteiger partial charge in [0.25, 0.3) is 0 Å². The second kappa shape index (κ2) is 9.13. The van der Waals surface area contributed by atoms with E-state index in [0.29, 0.717) is 5.56 Å². The molecule has 0 spiro atoms. The number of hydrogen-bond acceptors (Lipinski definition) is 7. The van der Waals surface area contributed by atoms with Gasteiger partial charge in [-0.1, -0.05) is 42.0 Å². The number of methoxy groups -OCH3 is 2. The molecule has 3 rings (SSSR count). The third-order valence-corrected chi connectivity index (χ3v) is 6.01. The van der Waals surface area contributed by atoms with Crippen LogP contribution in [0.4, 0.5) is 4.39 Å². The molecule has 0 radical (unpaired) electrons. The summed E-state index contributed by atoms with van der Waals surface area (Å²) in [6, 6.07) is 15.7. The highest BCUT2D eigenvalue weighted by Crippen LogP contribution is 2.58. The molecular formula is C25H21FN2O5. The van der Waals surface area contributed by atoms with Crippen molar-refractivity contribution in [3.05, 3.63) is 82.4 Å². The normalized spacial score (nSPS) is 21.5. The molecule has 3 atom stereocenters. The SMILES string of the molecule is COC(=O)C1=C(O)[C@@H](C(=O)OC)[C@@H](c2ccc(C)cc2)C(C#N)(C#N)[C@@H]1c1ccc(F)cc1. The molecular weight excluding hydrogens is 427 g/mol. The fourth-order valence-electron chi connectivity index (χ4n) is 4.46. The van der Waals surface area contributed by atoms with Gasteiger partial charge in [-0.2, -0.15) is 10.5 Å². The molecule has 0 saturated carbocycles. The second-order valence-corrected chi connectivity index (χ2v) is 7.76. The number of aliphatic hydroxyl groups excluding tert-OH is 1. The molecule has 1 N–H and O–H groups in total. The summed E-state index contributed by atoms with van der Waals surface area (Å²) in [6.45, 7) is 1.85. The molecule has 33 heavy (non-hydrogen) atoms. The summed E-state index contributed by atoms with van der Waals surface area (Å²) in [4.78, 5) is 25.7. The van der Waals surface area contributed by atoms with Crippen LogP contribution in [0.2, 0.25) is 0 Å². The highest BCUT2D eigenvalue weighted by Gasteiger charge is 2.61. The summed E-state index contributed by atoms with van der Waals surface area (Å²) >= 11 is 0. The van der Waals surface area contributed by atoms with Gasteiger partial charge in [0.1, 0.15) is 17.5 Å². The Bertz CT molecular complexity index is 1180. The number of esters is 2. The van der Waals surface area contributed by atoms with Crippen LogP contribution in [0.1, 0.15) is 28.5 Å². The van der Waals surface area contributed by atoms with Crippen LogP contribution in [0.15, 0.2) is 59.9 Å². The zero-order chi connectivity index (χ0) is 24.3. The smallest absolute Gasteiger partial charge is 0.337 e. The van der Waals surface area contributed by atoms with Crippen LogP contribution in [0.5, 0.6) is 0 Å². The minimum atomic E-state index is -2.05. The number of halogens is 1. The van der Waals surface area contributed by atoms with Gasteiger partial charge in [-0.15, -0.1) is 0 Å². The predicted octanol–water partition coefficient (Wildman–Crippen LogP) is 3.82. The maximum Gasteiger partial charge on any atom is 0.337 e. The Morgan fingerprint density at radius 3 is 2.00 bits per heavy atom. The number of aryl methyl sites for hydroxylation is 1. The van der Waals surface area contributed by atoms with E-state index in [4.69, 9.17) is 9.47 Å². The van der Waals surface area contributed by atoms with Crippen molar-refractivity contribution in [2.24, 2.45) is 11.3 Å². The zero-order valence-corrected chi connectivity index (χ0v) is 18.2. The van der Waals surface area contributed by atoms with Crippen molar-refractivity contribution >= 4 is 11.9 Å². The molecule has 2 aromatic rings. The standard InChI is InChI=1S/C25H21FN2O5/c1-14-4-6-15(7-5-14)20-18(23(30)32-2)22(29)19(24(31)33-3)21(25(20,12-27)13-28)16-8-10-17(26)11-9-16/h4-11,18,20-21,29H,1-3H3/t18-,20+,21+/m0/s1. The van der Waals surface area contributed by atoms with E-state index in [0.717, 1.165) is 31.9 Å². The Labute approximate surface area is 190 Å². The number of benzene rings is 2. The van der Waals surface area contributed by atoms with Gasteiger partial charge in [0, 0.05) is 5.92 Å². The molecule has 0 fully saturated rings. The van der Waals surface area contributed by atoms with Gasteiger partial charge in [-0.05, 0) is 30.2 Å². The molecule has 0 aromatic heterocycles. The Morgan fingerprint density at radius 1 is 0.970 bits per heavy atom. The van der Waals surface area contributed by atoms with Crippen molar-refractivity contribution < 1.29 is 28.6 Å². The number of nitriles is 2. The van der Waals surface area contributed by atoms with Crippen LogP contribution in [-0.2, 0) is 19.1 Å². The first kappa shape index (κ1) is 23.5. The van der Waals surface area contributed by atoms with Crippen molar-refractivity contribution in [1.29, 1.82) is 10.5 Å². The predicted molar refractivity (Wildman–Crippen MR) is 114 cm³/mol. The van der Waals surface area contributed by atoms with Crippen LogP contribution in [0.25, 0.3) is 0 Å². The van der Waals surface area contributed by atoms with Gasteiger partial charge in [0.2, 0.25) is 0 Å². The Kier molecular flexibility index (Phi) is 6.50. The van der Waals surface area contributed by atoms with Crippen molar-refractivity contribution in [3.8, 4) is 12.1 Å². The van der Waals surface area contributed by atoms with E-state index >= 15 is 0 Å². The summed E-state index contributed by atoms with van der Waals surface area (Å²) in [5.74, 6) is -7.24. The third kappa shape index (κ3) is 3.81. The summed E-state index contributed by atoms with van der Waals surface area (Å²) in [6.07, 6.45) is 0. The Hall–Kier alpha value is -4.17. The molecule has 0 saturated heterocycles. The van der Waals surface area contributed by atoms with Crippen LogP contribution >= 0.6 is 0 Å². The largest absolute Gasteiger partial charge is 0.511 e. The van der Waals surface area contributed by atoms with Gasteiger partial charge >= 0.3 is 11.9 Å². The second-order valence-electron chi connectivity index (χ2n) is 7.76. The topological polar surface area (TPSA) is 120 Å². The van der Waals surface area contributed by atoms with Crippen LogP contribution < -0.4 is 0 Å². The average Bonchev–Trinajstić information content (AvgIpc) is 2.83. The average molecular weight is 448 g/mol. The molecule has 0 aliphatic heterocycles. The molecule has 0 unspecified atom stereocenters. The monoisotopic (exact) mass is 448 g/mol. The number of aliphatic hydroxyl groups is 1.